The highest BCUT2D eigenvalue weighted by Gasteiger charge is 2.40. The molecule has 2 aromatic rings. The standard InChI is InChI=1S/C20H24FN5/c21-16-6-10-26(11-7-16)20(8-2-1-3-9-20)25-19-17-12-15(13-22)4-5-18(17)23-14-24-19/h4-5,12,14,16H,1-3,6-11H2,(H,23,24,25). The van der Waals surface area contributed by atoms with Gasteiger partial charge >= 0.3 is 0 Å². The van der Waals surface area contributed by atoms with Crippen LogP contribution in [-0.2, 0) is 0 Å². The van der Waals surface area contributed by atoms with Gasteiger partial charge in [0.05, 0.1) is 22.8 Å². The summed E-state index contributed by atoms with van der Waals surface area (Å²) in [6.45, 7) is 1.56. The molecular weight excluding hydrogens is 329 g/mol. The van der Waals surface area contributed by atoms with Crippen molar-refractivity contribution in [3.05, 3.63) is 30.1 Å². The molecule has 0 atom stereocenters. The molecule has 26 heavy (non-hydrogen) atoms. The van der Waals surface area contributed by atoms with Crippen molar-refractivity contribution >= 4 is 16.7 Å². The van der Waals surface area contributed by atoms with Crippen LogP contribution >= 0.6 is 0 Å². The van der Waals surface area contributed by atoms with E-state index in [0.29, 0.717) is 18.4 Å². The summed E-state index contributed by atoms with van der Waals surface area (Å²) in [5.41, 5.74) is 1.25. The maximum absolute atomic E-state index is 13.7. The minimum Gasteiger partial charge on any atom is -0.351 e. The monoisotopic (exact) mass is 353 g/mol. The molecule has 2 heterocycles. The van der Waals surface area contributed by atoms with E-state index in [2.05, 4.69) is 26.3 Å². The minimum absolute atomic E-state index is 0.178. The van der Waals surface area contributed by atoms with Gasteiger partial charge in [-0.15, -0.1) is 0 Å². The topological polar surface area (TPSA) is 64.8 Å². The molecule has 4 rings (SSSR count). The van der Waals surface area contributed by atoms with E-state index >= 15 is 0 Å². The van der Waals surface area contributed by atoms with E-state index < -0.39 is 6.17 Å². The maximum Gasteiger partial charge on any atom is 0.138 e. The lowest BCUT2D eigenvalue weighted by molar-refractivity contribution is 0.0330. The number of hydrogen-bond acceptors (Lipinski definition) is 5. The van der Waals surface area contributed by atoms with Gasteiger partial charge in [-0.05, 0) is 56.7 Å². The van der Waals surface area contributed by atoms with Crippen molar-refractivity contribution in [2.75, 3.05) is 18.4 Å². The van der Waals surface area contributed by atoms with Gasteiger partial charge in [-0.1, -0.05) is 6.42 Å². The van der Waals surface area contributed by atoms with Gasteiger partial charge in [0.15, 0.2) is 0 Å². The third-order valence-corrected chi connectivity index (χ3v) is 5.83. The summed E-state index contributed by atoms with van der Waals surface area (Å²) < 4.78 is 13.7. The number of nitrogens with zero attached hydrogens (tertiary/aromatic N) is 4. The number of halogens is 1. The van der Waals surface area contributed by atoms with Crippen LogP contribution in [0.3, 0.4) is 0 Å². The molecule has 0 bridgehead atoms. The number of aromatic nitrogens is 2. The Morgan fingerprint density at radius 3 is 2.65 bits per heavy atom. The second-order valence-corrected chi connectivity index (χ2v) is 7.44. The highest BCUT2D eigenvalue weighted by Crippen LogP contribution is 2.37. The molecule has 0 unspecified atom stereocenters. The minimum atomic E-state index is -0.676. The normalized spacial score (nSPS) is 21.4. The van der Waals surface area contributed by atoms with E-state index in [9.17, 15) is 9.65 Å². The number of anilines is 1. The molecule has 1 aliphatic heterocycles. The van der Waals surface area contributed by atoms with Crippen molar-refractivity contribution in [2.45, 2.75) is 56.8 Å². The predicted octanol–water partition coefficient (Wildman–Crippen LogP) is 4.01. The maximum atomic E-state index is 13.7. The van der Waals surface area contributed by atoms with E-state index in [1.54, 1.807) is 12.4 Å². The van der Waals surface area contributed by atoms with Gasteiger partial charge in [-0.2, -0.15) is 5.26 Å². The number of likely N-dealkylation sites (tertiary alicyclic amines) is 1. The van der Waals surface area contributed by atoms with Crippen molar-refractivity contribution in [1.82, 2.24) is 14.9 Å². The van der Waals surface area contributed by atoms with Crippen molar-refractivity contribution in [3.63, 3.8) is 0 Å². The molecule has 5 nitrogen and oxygen atoms in total. The Labute approximate surface area is 153 Å². The Morgan fingerprint density at radius 1 is 1.15 bits per heavy atom. The van der Waals surface area contributed by atoms with Crippen LogP contribution in [0.1, 0.15) is 50.5 Å². The predicted molar refractivity (Wildman–Crippen MR) is 99.4 cm³/mol. The average molecular weight is 353 g/mol. The molecule has 0 radical (unpaired) electrons. The number of benzene rings is 1. The van der Waals surface area contributed by atoms with E-state index in [1.807, 2.05) is 12.1 Å². The van der Waals surface area contributed by atoms with Crippen LogP contribution in [0.5, 0.6) is 0 Å². The van der Waals surface area contributed by atoms with Gasteiger partial charge in [0, 0.05) is 18.5 Å². The van der Waals surface area contributed by atoms with Crippen LogP contribution in [0.15, 0.2) is 24.5 Å². The zero-order chi connectivity index (χ0) is 18.0. The number of alkyl halides is 1. The fraction of sp³-hybridized carbons (Fsp3) is 0.550. The zero-order valence-electron chi connectivity index (χ0n) is 14.9. The summed E-state index contributed by atoms with van der Waals surface area (Å²) in [5.74, 6) is 0.774. The summed E-state index contributed by atoms with van der Waals surface area (Å²) in [6, 6.07) is 7.68. The van der Waals surface area contributed by atoms with Crippen LogP contribution in [0, 0.1) is 11.3 Å². The molecule has 136 valence electrons. The van der Waals surface area contributed by atoms with Gasteiger partial charge in [0.1, 0.15) is 18.3 Å². The van der Waals surface area contributed by atoms with Gasteiger partial charge in [-0.3, -0.25) is 4.90 Å². The van der Waals surface area contributed by atoms with Crippen LogP contribution in [0.2, 0.25) is 0 Å². The summed E-state index contributed by atoms with van der Waals surface area (Å²) in [7, 11) is 0. The summed E-state index contributed by atoms with van der Waals surface area (Å²) in [5, 5.41) is 13.8. The van der Waals surface area contributed by atoms with Crippen molar-refractivity contribution in [1.29, 1.82) is 5.26 Å². The molecule has 1 aromatic heterocycles. The van der Waals surface area contributed by atoms with Crippen molar-refractivity contribution < 1.29 is 4.39 Å². The van der Waals surface area contributed by atoms with E-state index in [0.717, 1.165) is 55.5 Å². The van der Waals surface area contributed by atoms with Crippen LogP contribution in [0.25, 0.3) is 10.9 Å². The lowest BCUT2D eigenvalue weighted by Gasteiger charge is -2.49. The molecule has 0 amide bonds. The van der Waals surface area contributed by atoms with Crippen molar-refractivity contribution in [3.8, 4) is 6.07 Å². The Balaban J connectivity index is 1.70. The SMILES string of the molecule is N#Cc1ccc2ncnc(NC3(N4CCC(F)CC4)CCCCC3)c2c1. The second kappa shape index (κ2) is 7.16. The molecular formula is C20H24FN5. The van der Waals surface area contributed by atoms with Crippen LogP contribution < -0.4 is 5.32 Å². The Bertz CT molecular complexity index is 817. The first-order chi connectivity index (χ1) is 12.7. The number of rotatable bonds is 3. The number of piperidine rings is 1. The molecule has 6 heteroatoms. The van der Waals surface area contributed by atoms with Gasteiger partial charge in [0.25, 0.3) is 0 Å². The number of hydrogen-bond donors (Lipinski definition) is 1. The largest absolute Gasteiger partial charge is 0.351 e. The second-order valence-electron chi connectivity index (χ2n) is 7.44. The Hall–Kier alpha value is -2.26. The first-order valence-electron chi connectivity index (χ1n) is 9.52. The highest BCUT2D eigenvalue weighted by atomic mass is 19.1. The summed E-state index contributed by atoms with van der Waals surface area (Å²) in [4.78, 5) is 11.3. The Kier molecular flexibility index (Phi) is 4.73. The fourth-order valence-electron chi connectivity index (χ4n) is 4.38. The zero-order valence-corrected chi connectivity index (χ0v) is 14.9. The first kappa shape index (κ1) is 17.2. The van der Waals surface area contributed by atoms with E-state index in [4.69, 9.17) is 0 Å². The number of fused-ring (bicyclic) bond motifs is 1. The molecule has 2 fully saturated rings. The molecule has 0 spiro atoms. The van der Waals surface area contributed by atoms with Crippen LogP contribution in [-0.4, -0.2) is 39.8 Å². The summed E-state index contributed by atoms with van der Waals surface area (Å²) >= 11 is 0. The quantitative estimate of drug-likeness (QED) is 0.903. The highest BCUT2D eigenvalue weighted by molar-refractivity contribution is 5.90. The third kappa shape index (κ3) is 3.24. The fourth-order valence-corrected chi connectivity index (χ4v) is 4.38. The number of nitrogens with one attached hydrogen (secondary N) is 1. The molecule has 1 saturated heterocycles. The molecule has 1 aliphatic carbocycles. The molecule has 1 saturated carbocycles. The smallest absolute Gasteiger partial charge is 0.138 e. The summed E-state index contributed by atoms with van der Waals surface area (Å²) in [6.07, 6.45) is 7.74. The first-order valence-corrected chi connectivity index (χ1v) is 9.52. The molecule has 1 N–H and O–H groups in total. The lowest BCUT2D eigenvalue weighted by Crippen LogP contribution is -2.58. The third-order valence-electron chi connectivity index (χ3n) is 5.83. The van der Waals surface area contributed by atoms with E-state index in [1.165, 1.54) is 6.42 Å². The lowest BCUT2D eigenvalue weighted by atomic mass is 9.86. The average Bonchev–Trinajstić information content (AvgIpc) is 2.69. The van der Waals surface area contributed by atoms with Gasteiger partial charge < -0.3 is 5.32 Å². The van der Waals surface area contributed by atoms with Gasteiger partial charge in [-0.25, -0.2) is 14.4 Å². The Morgan fingerprint density at radius 2 is 1.92 bits per heavy atom. The van der Waals surface area contributed by atoms with Crippen LogP contribution in [0.4, 0.5) is 10.2 Å². The van der Waals surface area contributed by atoms with Gasteiger partial charge in [0.2, 0.25) is 0 Å². The molecule has 2 aliphatic rings. The number of nitriles is 1. The van der Waals surface area contributed by atoms with E-state index in [-0.39, 0.29) is 5.66 Å². The molecule has 1 aromatic carbocycles. The van der Waals surface area contributed by atoms with Crippen molar-refractivity contribution in [2.24, 2.45) is 0 Å².